The molecule has 0 bridgehead atoms. The van der Waals surface area contributed by atoms with Gasteiger partial charge in [-0.2, -0.15) is 0 Å². The minimum atomic E-state index is -0.0947. The summed E-state index contributed by atoms with van der Waals surface area (Å²) in [5, 5.41) is 6.63. The largest absolute Gasteiger partial charge is 0.361 e. The lowest BCUT2D eigenvalue weighted by Crippen LogP contribution is -2.44. The number of carbonyl (C=O) groups excluding carboxylic acids is 3. The Morgan fingerprint density at radius 3 is 2.68 bits per heavy atom. The van der Waals surface area contributed by atoms with Crippen molar-refractivity contribution in [3.8, 4) is 0 Å². The molecule has 0 spiro atoms. The number of fused-ring (bicyclic) bond motifs is 1. The van der Waals surface area contributed by atoms with E-state index in [9.17, 15) is 14.4 Å². The summed E-state index contributed by atoms with van der Waals surface area (Å²) in [5.74, 6) is 1.33. The van der Waals surface area contributed by atoms with Crippen molar-refractivity contribution in [1.29, 1.82) is 0 Å². The molecule has 3 fully saturated rings. The summed E-state index contributed by atoms with van der Waals surface area (Å²) in [6.07, 6.45) is 2.24. The number of nitrogens with zero attached hydrogens (tertiary/aromatic N) is 4. The van der Waals surface area contributed by atoms with Crippen molar-refractivity contribution in [2.75, 3.05) is 45.8 Å². The highest BCUT2D eigenvalue weighted by Crippen LogP contribution is 2.33. The molecule has 0 aliphatic carbocycles. The van der Waals surface area contributed by atoms with E-state index in [0.717, 1.165) is 12.8 Å². The number of amides is 4. The topological polar surface area (TPSA) is 99.0 Å². The number of hydrogen-bond acceptors (Lipinski definition) is 5. The number of rotatable bonds is 4. The molecule has 9 nitrogen and oxygen atoms in total. The number of nitrogens with one attached hydrogen (secondary N) is 1. The summed E-state index contributed by atoms with van der Waals surface area (Å²) < 4.78 is 5.03. The lowest BCUT2D eigenvalue weighted by atomic mass is 9.82. The summed E-state index contributed by atoms with van der Waals surface area (Å²) in [7, 11) is 0. The lowest BCUT2D eigenvalue weighted by molar-refractivity contribution is -0.131. The first kappa shape index (κ1) is 18.8. The molecule has 4 rings (SSSR count). The standard InChI is InChI=1S/C19H27N5O4/c1-13-10-16(21-28-13)18(26)24-6-2-14-11-17(25)22(5-3-15(14)12-24)8-9-23-7-4-20-19(23)27/h10,14-15H,2-9,11-12H2,1H3,(H,20,27)/t14-,15-/m0/s1. The van der Waals surface area contributed by atoms with Gasteiger partial charge in [0.1, 0.15) is 5.76 Å². The number of aromatic nitrogens is 1. The van der Waals surface area contributed by atoms with Gasteiger partial charge in [0.15, 0.2) is 5.69 Å². The van der Waals surface area contributed by atoms with Gasteiger partial charge in [0.2, 0.25) is 5.91 Å². The monoisotopic (exact) mass is 389 g/mol. The van der Waals surface area contributed by atoms with Gasteiger partial charge in [-0.3, -0.25) is 9.59 Å². The molecule has 28 heavy (non-hydrogen) atoms. The van der Waals surface area contributed by atoms with Crippen molar-refractivity contribution >= 4 is 17.8 Å². The zero-order chi connectivity index (χ0) is 19.7. The molecule has 9 heteroatoms. The Morgan fingerprint density at radius 2 is 1.96 bits per heavy atom. The van der Waals surface area contributed by atoms with Crippen LogP contribution in [0.3, 0.4) is 0 Å². The predicted molar refractivity (Wildman–Crippen MR) is 99.5 cm³/mol. The van der Waals surface area contributed by atoms with E-state index in [4.69, 9.17) is 4.52 Å². The summed E-state index contributed by atoms with van der Waals surface area (Å²) in [6, 6.07) is 1.62. The summed E-state index contributed by atoms with van der Waals surface area (Å²) in [4.78, 5) is 42.5. The van der Waals surface area contributed by atoms with Gasteiger partial charge in [0.25, 0.3) is 5.91 Å². The van der Waals surface area contributed by atoms with Crippen LogP contribution < -0.4 is 5.32 Å². The Balaban J connectivity index is 1.34. The minimum Gasteiger partial charge on any atom is -0.361 e. The van der Waals surface area contributed by atoms with Crippen LogP contribution in [-0.4, -0.2) is 83.5 Å². The fourth-order valence-corrected chi connectivity index (χ4v) is 4.49. The quantitative estimate of drug-likeness (QED) is 0.818. The summed E-state index contributed by atoms with van der Waals surface area (Å²) in [6.45, 7) is 6.28. The Bertz CT molecular complexity index is 763. The van der Waals surface area contributed by atoms with E-state index in [0.29, 0.717) is 75.5 Å². The molecular formula is C19H27N5O4. The van der Waals surface area contributed by atoms with Gasteiger partial charge in [0, 0.05) is 58.3 Å². The third-order valence-electron chi connectivity index (χ3n) is 6.17. The van der Waals surface area contributed by atoms with Crippen molar-refractivity contribution in [2.45, 2.75) is 26.2 Å². The van der Waals surface area contributed by atoms with Crippen molar-refractivity contribution < 1.29 is 18.9 Å². The SMILES string of the molecule is Cc1cc(C(=O)N2CC[C@H]3CC(=O)N(CCN4CCNC4=O)CC[C@H]3C2)no1. The molecule has 0 aromatic carbocycles. The third-order valence-corrected chi connectivity index (χ3v) is 6.17. The fraction of sp³-hybridized carbons (Fsp3) is 0.684. The van der Waals surface area contributed by atoms with E-state index >= 15 is 0 Å². The van der Waals surface area contributed by atoms with Crippen LogP contribution in [0.5, 0.6) is 0 Å². The Labute approximate surface area is 164 Å². The van der Waals surface area contributed by atoms with Crippen LogP contribution in [0, 0.1) is 18.8 Å². The van der Waals surface area contributed by atoms with Crippen molar-refractivity contribution in [2.24, 2.45) is 11.8 Å². The average molecular weight is 389 g/mol. The molecule has 4 amide bonds. The van der Waals surface area contributed by atoms with E-state index in [1.807, 2.05) is 9.80 Å². The molecule has 2 atom stereocenters. The van der Waals surface area contributed by atoms with E-state index in [-0.39, 0.29) is 17.8 Å². The maximum absolute atomic E-state index is 12.7. The number of hydrogen-bond donors (Lipinski definition) is 1. The van der Waals surface area contributed by atoms with Gasteiger partial charge in [-0.05, 0) is 31.6 Å². The van der Waals surface area contributed by atoms with Crippen LogP contribution in [0.2, 0.25) is 0 Å². The summed E-state index contributed by atoms with van der Waals surface area (Å²) in [5.41, 5.74) is 0.353. The second-order valence-electron chi connectivity index (χ2n) is 7.98. The summed E-state index contributed by atoms with van der Waals surface area (Å²) >= 11 is 0. The predicted octanol–water partition coefficient (Wildman–Crippen LogP) is 0.709. The van der Waals surface area contributed by atoms with E-state index in [1.165, 1.54) is 0 Å². The zero-order valence-electron chi connectivity index (χ0n) is 16.2. The second kappa shape index (κ2) is 7.81. The first-order chi connectivity index (χ1) is 13.5. The zero-order valence-corrected chi connectivity index (χ0v) is 16.2. The minimum absolute atomic E-state index is 0.0480. The maximum Gasteiger partial charge on any atom is 0.317 e. The first-order valence-corrected chi connectivity index (χ1v) is 10.0. The number of aryl methyl sites for hydroxylation is 1. The third kappa shape index (κ3) is 3.83. The van der Waals surface area contributed by atoms with Crippen LogP contribution in [0.4, 0.5) is 4.79 Å². The molecule has 1 N–H and O–H groups in total. The van der Waals surface area contributed by atoms with E-state index in [2.05, 4.69) is 10.5 Å². The molecule has 4 heterocycles. The Kier molecular flexibility index (Phi) is 5.23. The maximum atomic E-state index is 12.7. The molecule has 1 aromatic heterocycles. The van der Waals surface area contributed by atoms with Crippen LogP contribution >= 0.6 is 0 Å². The normalized spacial score (nSPS) is 25.5. The van der Waals surface area contributed by atoms with Crippen LogP contribution in [0.15, 0.2) is 10.6 Å². The van der Waals surface area contributed by atoms with E-state index in [1.54, 1.807) is 17.9 Å². The van der Waals surface area contributed by atoms with Gasteiger partial charge in [-0.1, -0.05) is 5.16 Å². The highest BCUT2D eigenvalue weighted by atomic mass is 16.5. The van der Waals surface area contributed by atoms with Crippen LogP contribution in [0.25, 0.3) is 0 Å². The van der Waals surface area contributed by atoms with Crippen molar-refractivity contribution in [1.82, 2.24) is 25.2 Å². The fourth-order valence-electron chi connectivity index (χ4n) is 4.49. The molecular weight excluding hydrogens is 362 g/mol. The molecule has 3 saturated heterocycles. The molecule has 3 aliphatic heterocycles. The number of carbonyl (C=O) groups is 3. The second-order valence-corrected chi connectivity index (χ2v) is 7.98. The average Bonchev–Trinajstić information content (AvgIpc) is 3.26. The van der Waals surface area contributed by atoms with Crippen LogP contribution in [-0.2, 0) is 4.79 Å². The highest BCUT2D eigenvalue weighted by Gasteiger charge is 2.37. The van der Waals surface area contributed by atoms with Gasteiger partial charge in [-0.15, -0.1) is 0 Å². The Hall–Kier alpha value is -2.58. The lowest BCUT2D eigenvalue weighted by Gasteiger charge is -2.36. The molecule has 3 aliphatic rings. The van der Waals surface area contributed by atoms with E-state index < -0.39 is 0 Å². The van der Waals surface area contributed by atoms with Crippen LogP contribution in [0.1, 0.15) is 35.5 Å². The van der Waals surface area contributed by atoms with Gasteiger partial charge < -0.3 is 24.5 Å². The molecule has 0 radical (unpaired) electrons. The highest BCUT2D eigenvalue weighted by molar-refractivity contribution is 5.92. The van der Waals surface area contributed by atoms with Gasteiger partial charge in [-0.25, -0.2) is 4.79 Å². The van der Waals surface area contributed by atoms with Crippen molar-refractivity contribution in [3.63, 3.8) is 0 Å². The van der Waals surface area contributed by atoms with Gasteiger partial charge in [0.05, 0.1) is 0 Å². The smallest absolute Gasteiger partial charge is 0.317 e. The Morgan fingerprint density at radius 1 is 1.18 bits per heavy atom. The molecule has 0 unspecified atom stereocenters. The molecule has 152 valence electrons. The molecule has 1 aromatic rings. The first-order valence-electron chi connectivity index (χ1n) is 10.0. The number of piperidine rings is 1. The van der Waals surface area contributed by atoms with Crippen molar-refractivity contribution in [3.05, 3.63) is 17.5 Å². The van der Waals surface area contributed by atoms with Gasteiger partial charge >= 0.3 is 6.03 Å². The number of likely N-dealkylation sites (tertiary alicyclic amines) is 2. The molecule has 0 saturated carbocycles. The number of urea groups is 1.